The van der Waals surface area contributed by atoms with Gasteiger partial charge in [-0.1, -0.05) is 6.92 Å². The van der Waals surface area contributed by atoms with Crippen molar-refractivity contribution in [2.75, 3.05) is 24.6 Å². The molecule has 1 nitrogen and oxygen atoms in total. The van der Waals surface area contributed by atoms with Crippen LogP contribution in [0.5, 0.6) is 0 Å². The molecule has 0 aliphatic carbocycles. The number of thioether (sulfide) groups is 1. The highest BCUT2D eigenvalue weighted by atomic mass is 32.2. The van der Waals surface area contributed by atoms with Crippen LogP contribution >= 0.6 is 11.8 Å². The van der Waals surface area contributed by atoms with E-state index in [1.807, 2.05) is 0 Å². The lowest BCUT2D eigenvalue weighted by molar-refractivity contribution is 0.527. The average Bonchev–Trinajstić information content (AvgIpc) is 2.50. The van der Waals surface area contributed by atoms with E-state index in [-0.39, 0.29) is 0 Å². The average molecular weight is 173 g/mol. The Labute approximate surface area is 74.3 Å². The van der Waals surface area contributed by atoms with Crippen LogP contribution in [-0.2, 0) is 0 Å². The summed E-state index contributed by atoms with van der Waals surface area (Å²) < 4.78 is 0. The van der Waals surface area contributed by atoms with Crippen molar-refractivity contribution in [2.45, 2.75) is 26.2 Å². The maximum atomic E-state index is 3.41. The molecule has 2 heteroatoms. The zero-order valence-corrected chi connectivity index (χ0v) is 8.25. The summed E-state index contributed by atoms with van der Waals surface area (Å²) in [5.74, 6) is 3.64. The van der Waals surface area contributed by atoms with Gasteiger partial charge in [0, 0.05) is 0 Å². The monoisotopic (exact) mass is 173 g/mol. The van der Waals surface area contributed by atoms with Crippen LogP contribution in [-0.4, -0.2) is 24.6 Å². The lowest BCUT2D eigenvalue weighted by Crippen LogP contribution is -2.08. The lowest BCUT2D eigenvalue weighted by atomic mass is 10.0. The number of hydrogen-bond donors (Lipinski definition) is 1. The molecule has 1 N–H and O–H groups in total. The first kappa shape index (κ1) is 9.40. The van der Waals surface area contributed by atoms with E-state index in [0.717, 1.165) is 5.92 Å². The molecule has 0 aromatic heterocycles. The fourth-order valence-electron chi connectivity index (χ4n) is 1.58. The van der Waals surface area contributed by atoms with E-state index in [1.165, 1.54) is 43.9 Å². The lowest BCUT2D eigenvalue weighted by Gasteiger charge is -2.06. The Morgan fingerprint density at radius 1 is 1.55 bits per heavy atom. The molecule has 1 rings (SSSR count). The van der Waals surface area contributed by atoms with Crippen molar-refractivity contribution < 1.29 is 0 Å². The zero-order valence-electron chi connectivity index (χ0n) is 7.44. The second-order valence-corrected chi connectivity index (χ2v) is 4.59. The molecule has 0 radical (unpaired) electrons. The van der Waals surface area contributed by atoms with Gasteiger partial charge in [-0.05, 0) is 49.8 Å². The van der Waals surface area contributed by atoms with Crippen LogP contribution < -0.4 is 5.32 Å². The molecule has 1 fully saturated rings. The third-order valence-corrected chi connectivity index (χ3v) is 3.25. The van der Waals surface area contributed by atoms with Gasteiger partial charge in [0.15, 0.2) is 0 Å². The predicted molar refractivity (Wildman–Crippen MR) is 53.2 cm³/mol. The van der Waals surface area contributed by atoms with Gasteiger partial charge in [-0.15, -0.1) is 0 Å². The minimum absolute atomic E-state index is 0.993. The molecule has 0 bridgehead atoms. The Hall–Kier alpha value is 0.310. The van der Waals surface area contributed by atoms with Crippen molar-refractivity contribution in [3.63, 3.8) is 0 Å². The standard InChI is InChI=1S/C9H19NS/c1-2-11-7-3-4-9-5-6-10-8-9/h9-10H,2-8H2,1H3. The number of rotatable bonds is 5. The molecule has 0 spiro atoms. The van der Waals surface area contributed by atoms with Crippen molar-refractivity contribution in [3.05, 3.63) is 0 Å². The Kier molecular flexibility index (Phi) is 5.04. The van der Waals surface area contributed by atoms with Crippen LogP contribution in [0.4, 0.5) is 0 Å². The summed E-state index contributed by atoms with van der Waals surface area (Å²) in [5.41, 5.74) is 0. The maximum absolute atomic E-state index is 3.41. The molecule has 1 saturated heterocycles. The summed E-state index contributed by atoms with van der Waals surface area (Å²) >= 11 is 2.07. The predicted octanol–water partition coefficient (Wildman–Crippen LogP) is 2.13. The first-order valence-electron chi connectivity index (χ1n) is 4.72. The molecule has 0 aromatic carbocycles. The summed E-state index contributed by atoms with van der Waals surface area (Å²) in [4.78, 5) is 0. The Morgan fingerprint density at radius 3 is 3.09 bits per heavy atom. The van der Waals surface area contributed by atoms with Gasteiger partial charge < -0.3 is 5.32 Å². The SMILES string of the molecule is CCSCCCC1CCNC1. The highest BCUT2D eigenvalue weighted by Gasteiger charge is 2.12. The van der Waals surface area contributed by atoms with E-state index in [0.29, 0.717) is 0 Å². The van der Waals surface area contributed by atoms with Crippen molar-refractivity contribution in [1.29, 1.82) is 0 Å². The van der Waals surface area contributed by atoms with Crippen molar-refractivity contribution in [3.8, 4) is 0 Å². The Balaban J connectivity index is 1.86. The van der Waals surface area contributed by atoms with Gasteiger partial charge in [0.05, 0.1) is 0 Å². The zero-order chi connectivity index (χ0) is 7.94. The van der Waals surface area contributed by atoms with E-state index in [2.05, 4.69) is 24.0 Å². The molecule has 0 aromatic rings. The number of hydrogen-bond acceptors (Lipinski definition) is 2. The third-order valence-electron chi connectivity index (χ3n) is 2.27. The normalized spacial score (nSPS) is 24.3. The molecule has 1 atom stereocenters. The van der Waals surface area contributed by atoms with Gasteiger partial charge in [-0.3, -0.25) is 0 Å². The second kappa shape index (κ2) is 5.90. The van der Waals surface area contributed by atoms with E-state index in [1.54, 1.807) is 0 Å². The van der Waals surface area contributed by atoms with E-state index in [4.69, 9.17) is 0 Å². The Bertz CT molecular complexity index is 89.6. The first-order valence-corrected chi connectivity index (χ1v) is 5.87. The minimum atomic E-state index is 0.993. The van der Waals surface area contributed by atoms with Crippen LogP contribution in [0, 0.1) is 5.92 Å². The van der Waals surface area contributed by atoms with Gasteiger partial charge in [0.2, 0.25) is 0 Å². The van der Waals surface area contributed by atoms with Crippen LogP contribution in [0.2, 0.25) is 0 Å². The topological polar surface area (TPSA) is 12.0 Å². The highest BCUT2D eigenvalue weighted by Crippen LogP contribution is 2.15. The molecule has 1 aliphatic heterocycles. The van der Waals surface area contributed by atoms with Crippen LogP contribution in [0.15, 0.2) is 0 Å². The third kappa shape index (κ3) is 4.02. The molecule has 66 valence electrons. The molecule has 1 unspecified atom stereocenters. The summed E-state index contributed by atoms with van der Waals surface area (Å²) in [6, 6.07) is 0. The van der Waals surface area contributed by atoms with Crippen LogP contribution in [0.1, 0.15) is 26.2 Å². The van der Waals surface area contributed by atoms with Crippen LogP contribution in [0.25, 0.3) is 0 Å². The summed E-state index contributed by atoms with van der Waals surface area (Å²) in [7, 11) is 0. The molecule has 0 saturated carbocycles. The smallest absolute Gasteiger partial charge is 0.00200 e. The van der Waals surface area contributed by atoms with E-state index < -0.39 is 0 Å². The highest BCUT2D eigenvalue weighted by molar-refractivity contribution is 7.99. The maximum Gasteiger partial charge on any atom is -0.00200 e. The van der Waals surface area contributed by atoms with E-state index >= 15 is 0 Å². The number of nitrogens with one attached hydrogen (secondary N) is 1. The van der Waals surface area contributed by atoms with E-state index in [9.17, 15) is 0 Å². The first-order chi connectivity index (χ1) is 5.43. The molecular weight excluding hydrogens is 154 g/mol. The largest absolute Gasteiger partial charge is 0.316 e. The quantitative estimate of drug-likeness (QED) is 0.639. The fourth-order valence-corrected chi connectivity index (χ4v) is 2.24. The van der Waals surface area contributed by atoms with Gasteiger partial charge in [-0.2, -0.15) is 11.8 Å². The van der Waals surface area contributed by atoms with Gasteiger partial charge in [0.25, 0.3) is 0 Å². The van der Waals surface area contributed by atoms with Crippen LogP contribution in [0.3, 0.4) is 0 Å². The molecular formula is C9H19NS. The molecule has 1 heterocycles. The molecule has 11 heavy (non-hydrogen) atoms. The summed E-state index contributed by atoms with van der Waals surface area (Å²) in [6.45, 7) is 4.77. The van der Waals surface area contributed by atoms with Gasteiger partial charge in [0.1, 0.15) is 0 Å². The van der Waals surface area contributed by atoms with Gasteiger partial charge >= 0.3 is 0 Å². The fraction of sp³-hybridized carbons (Fsp3) is 1.00. The van der Waals surface area contributed by atoms with Crippen molar-refractivity contribution >= 4 is 11.8 Å². The Morgan fingerprint density at radius 2 is 2.45 bits per heavy atom. The van der Waals surface area contributed by atoms with Crippen molar-refractivity contribution in [2.24, 2.45) is 5.92 Å². The minimum Gasteiger partial charge on any atom is -0.316 e. The second-order valence-electron chi connectivity index (χ2n) is 3.20. The van der Waals surface area contributed by atoms with Gasteiger partial charge in [-0.25, -0.2) is 0 Å². The summed E-state index contributed by atoms with van der Waals surface area (Å²) in [5, 5.41) is 3.41. The van der Waals surface area contributed by atoms with Crippen molar-refractivity contribution in [1.82, 2.24) is 5.32 Å². The molecule has 0 amide bonds. The summed E-state index contributed by atoms with van der Waals surface area (Å²) in [6.07, 6.45) is 4.28. The molecule has 1 aliphatic rings.